The molecule has 2 aliphatic rings. The summed E-state index contributed by atoms with van der Waals surface area (Å²) < 4.78 is 0. The summed E-state index contributed by atoms with van der Waals surface area (Å²) in [6.07, 6.45) is 8.28. The minimum absolute atomic E-state index is 0.145. The van der Waals surface area contributed by atoms with Gasteiger partial charge in [-0.25, -0.2) is 4.79 Å². The number of carboxylic acid groups (broad SMARTS) is 1. The molecule has 88 valence electrons. The molecule has 0 atom stereocenters. The molecule has 1 aromatic rings. The molecule has 2 heterocycles. The largest absolute Gasteiger partial charge is 0.476 e. The highest BCUT2D eigenvalue weighted by molar-refractivity contribution is 6.40. The Balaban J connectivity index is 2.21. The van der Waals surface area contributed by atoms with E-state index in [2.05, 4.69) is 10.1 Å². The maximum atomic E-state index is 10.9. The fourth-order valence-electron chi connectivity index (χ4n) is 1.78. The lowest BCUT2D eigenvalue weighted by atomic mass is 10.1. The standard InChI is InChI=1S/C13H8N2O3/c16-13(17)11-3-1-2-8-4-5-10-9(6-7-14-10)12(8)18-15-11/h1-7H,(H,16,17). The van der Waals surface area contributed by atoms with E-state index in [1.54, 1.807) is 18.4 Å². The first-order chi connectivity index (χ1) is 8.75. The van der Waals surface area contributed by atoms with Crippen LogP contribution in [0.4, 0.5) is 0 Å². The van der Waals surface area contributed by atoms with Crippen LogP contribution in [0.25, 0.3) is 12.2 Å². The molecule has 5 heteroatoms. The molecule has 0 amide bonds. The van der Waals surface area contributed by atoms with Crippen LogP contribution in [0, 0.1) is 0 Å². The lowest BCUT2D eigenvalue weighted by Gasteiger charge is -2.05. The first-order valence-electron chi connectivity index (χ1n) is 5.30. The Hall–Kier alpha value is -2.69. The summed E-state index contributed by atoms with van der Waals surface area (Å²) in [5, 5.41) is 14.1. The Bertz CT molecular complexity index is 742. The number of rotatable bonds is 1. The van der Waals surface area contributed by atoms with Crippen LogP contribution in [-0.2, 0) is 4.79 Å². The van der Waals surface area contributed by atoms with Crippen molar-refractivity contribution in [1.29, 1.82) is 0 Å². The monoisotopic (exact) mass is 240 g/mol. The molecule has 1 N–H and O–H groups in total. The van der Waals surface area contributed by atoms with Gasteiger partial charge in [-0.05, 0) is 24.3 Å². The molecule has 0 aromatic heterocycles. The highest BCUT2D eigenvalue weighted by Crippen LogP contribution is 2.15. The smallest absolute Gasteiger partial charge is 0.357 e. The van der Waals surface area contributed by atoms with Gasteiger partial charge in [-0.1, -0.05) is 17.3 Å². The number of hydrogen-bond donors (Lipinski definition) is 1. The Morgan fingerprint density at radius 1 is 1.28 bits per heavy atom. The van der Waals surface area contributed by atoms with Gasteiger partial charge in [-0.3, -0.25) is 4.99 Å². The van der Waals surface area contributed by atoms with Crippen molar-refractivity contribution in [3.63, 3.8) is 0 Å². The lowest BCUT2D eigenvalue weighted by Crippen LogP contribution is -2.18. The van der Waals surface area contributed by atoms with Crippen molar-refractivity contribution in [2.75, 3.05) is 0 Å². The number of nitrogens with zero attached hydrogens (tertiary/aromatic N) is 2. The minimum Gasteiger partial charge on any atom is -0.476 e. The average molecular weight is 240 g/mol. The second kappa shape index (κ2) is 3.96. The molecular formula is C13H8N2O3. The zero-order valence-electron chi connectivity index (χ0n) is 9.20. The van der Waals surface area contributed by atoms with E-state index in [0.29, 0.717) is 5.75 Å². The molecule has 0 unspecified atom stereocenters. The zero-order chi connectivity index (χ0) is 12.5. The topological polar surface area (TPSA) is 71.2 Å². The molecular weight excluding hydrogens is 232 g/mol. The van der Waals surface area contributed by atoms with E-state index in [1.807, 2.05) is 18.2 Å². The predicted molar refractivity (Wildman–Crippen MR) is 65.6 cm³/mol. The third-order valence-electron chi connectivity index (χ3n) is 2.64. The zero-order valence-corrected chi connectivity index (χ0v) is 9.20. The Morgan fingerprint density at radius 2 is 2.17 bits per heavy atom. The molecule has 3 rings (SSSR count). The van der Waals surface area contributed by atoms with Crippen LogP contribution in [0.15, 0.2) is 40.6 Å². The fourth-order valence-corrected chi connectivity index (χ4v) is 1.78. The Labute approximate surface area is 102 Å². The molecule has 2 aliphatic heterocycles. The summed E-state index contributed by atoms with van der Waals surface area (Å²) in [6, 6.07) is 3.74. The van der Waals surface area contributed by atoms with E-state index < -0.39 is 5.97 Å². The summed E-state index contributed by atoms with van der Waals surface area (Å²) in [4.78, 5) is 20.3. The van der Waals surface area contributed by atoms with Crippen LogP contribution in [0.3, 0.4) is 0 Å². The molecule has 5 nitrogen and oxygen atoms in total. The van der Waals surface area contributed by atoms with Gasteiger partial charge in [-0.15, -0.1) is 0 Å². The number of benzene rings is 1. The van der Waals surface area contributed by atoms with Crippen molar-refractivity contribution < 1.29 is 14.7 Å². The van der Waals surface area contributed by atoms with Crippen molar-refractivity contribution in [2.45, 2.75) is 0 Å². The molecule has 0 spiro atoms. The van der Waals surface area contributed by atoms with Gasteiger partial charge < -0.3 is 9.94 Å². The molecule has 0 saturated carbocycles. The van der Waals surface area contributed by atoms with E-state index in [-0.39, 0.29) is 5.71 Å². The maximum absolute atomic E-state index is 10.9. The first-order valence-corrected chi connectivity index (χ1v) is 5.30. The molecule has 0 fully saturated rings. The van der Waals surface area contributed by atoms with Crippen molar-refractivity contribution in [3.8, 4) is 5.75 Å². The minimum atomic E-state index is -1.13. The summed E-state index contributed by atoms with van der Waals surface area (Å²) in [5.41, 5.74) is 0.668. The molecule has 0 saturated heterocycles. The van der Waals surface area contributed by atoms with E-state index in [1.165, 1.54) is 6.08 Å². The lowest BCUT2D eigenvalue weighted by molar-refractivity contribution is -0.129. The SMILES string of the molecule is O=C(O)C1=NOc2c3c(ccc2=CC=C1)=NC=C3. The van der Waals surface area contributed by atoms with E-state index in [9.17, 15) is 4.79 Å². The first kappa shape index (κ1) is 10.5. The highest BCUT2D eigenvalue weighted by atomic mass is 16.6. The third kappa shape index (κ3) is 1.62. The number of hydrogen-bond acceptors (Lipinski definition) is 4. The summed E-state index contributed by atoms with van der Waals surface area (Å²) in [6.45, 7) is 0. The molecule has 0 aliphatic carbocycles. The van der Waals surface area contributed by atoms with E-state index in [0.717, 1.165) is 16.1 Å². The van der Waals surface area contributed by atoms with Crippen LogP contribution >= 0.6 is 0 Å². The second-order valence-electron chi connectivity index (χ2n) is 3.76. The van der Waals surface area contributed by atoms with Crippen LogP contribution in [0.1, 0.15) is 5.56 Å². The van der Waals surface area contributed by atoms with E-state index in [4.69, 9.17) is 9.94 Å². The van der Waals surface area contributed by atoms with E-state index >= 15 is 0 Å². The number of oxime groups is 1. The van der Waals surface area contributed by atoms with Gasteiger partial charge in [0, 0.05) is 17.0 Å². The number of carboxylic acids is 1. The van der Waals surface area contributed by atoms with Gasteiger partial charge in [0.25, 0.3) is 0 Å². The van der Waals surface area contributed by atoms with Crippen LogP contribution in [-0.4, -0.2) is 16.8 Å². The number of aliphatic carboxylic acids is 1. The predicted octanol–water partition coefficient (Wildman–Crippen LogP) is 0.460. The van der Waals surface area contributed by atoms with Crippen LogP contribution in [0.5, 0.6) is 5.75 Å². The number of carbonyl (C=O) groups is 1. The third-order valence-corrected chi connectivity index (χ3v) is 2.64. The Kier molecular flexibility index (Phi) is 2.30. The van der Waals surface area contributed by atoms with Crippen LogP contribution in [0.2, 0.25) is 0 Å². The molecule has 0 radical (unpaired) electrons. The quantitative estimate of drug-likeness (QED) is 0.775. The van der Waals surface area contributed by atoms with Gasteiger partial charge in [0.1, 0.15) is 0 Å². The van der Waals surface area contributed by atoms with Crippen molar-refractivity contribution >= 4 is 23.8 Å². The Morgan fingerprint density at radius 3 is 3.00 bits per heavy atom. The van der Waals surface area contributed by atoms with Crippen molar-refractivity contribution in [1.82, 2.24) is 0 Å². The highest BCUT2D eigenvalue weighted by Gasteiger charge is 2.12. The van der Waals surface area contributed by atoms with Crippen molar-refractivity contribution in [3.05, 3.63) is 46.6 Å². The summed E-state index contributed by atoms with van der Waals surface area (Å²) >= 11 is 0. The normalized spacial score (nSPS) is 15.2. The number of fused-ring (bicyclic) bond motifs is 3. The fraction of sp³-hybridized carbons (Fsp3) is 0. The van der Waals surface area contributed by atoms with Gasteiger partial charge in [0.05, 0.1) is 5.36 Å². The average Bonchev–Trinajstić information content (AvgIpc) is 2.77. The maximum Gasteiger partial charge on any atom is 0.357 e. The summed E-state index contributed by atoms with van der Waals surface area (Å²) in [7, 11) is 0. The van der Waals surface area contributed by atoms with Gasteiger partial charge in [-0.2, -0.15) is 0 Å². The summed E-state index contributed by atoms with van der Waals surface area (Å²) in [5.74, 6) is -0.607. The van der Waals surface area contributed by atoms with Crippen LogP contribution < -0.4 is 15.4 Å². The molecule has 18 heavy (non-hydrogen) atoms. The van der Waals surface area contributed by atoms with Gasteiger partial charge in [0.15, 0.2) is 11.5 Å². The number of allylic oxidation sites excluding steroid dienone is 1. The van der Waals surface area contributed by atoms with Gasteiger partial charge >= 0.3 is 5.97 Å². The second-order valence-corrected chi connectivity index (χ2v) is 3.76. The van der Waals surface area contributed by atoms with Crippen molar-refractivity contribution in [2.24, 2.45) is 10.1 Å². The van der Waals surface area contributed by atoms with Gasteiger partial charge in [0.2, 0.25) is 0 Å². The molecule has 1 aromatic carbocycles. The molecule has 0 bridgehead atoms.